The minimum absolute atomic E-state index is 0.00122. The van der Waals surface area contributed by atoms with Crippen LogP contribution in [0.3, 0.4) is 0 Å². The standard InChI is InChI=1S/C15H16ClN3O3/c1-21-11-3-9(4-12(6-11)22-2)7-19-8-10(16)5-13(14(19)17)15(18)20/h3-6,8,17H,7H2,1-2H3,(H2,18,20). The number of ether oxygens (including phenoxy) is 2. The maximum atomic E-state index is 11.4. The second-order valence-electron chi connectivity index (χ2n) is 4.63. The Morgan fingerprint density at radius 3 is 2.32 bits per heavy atom. The van der Waals surface area contributed by atoms with E-state index < -0.39 is 5.91 Å². The number of halogens is 1. The van der Waals surface area contributed by atoms with E-state index in [2.05, 4.69) is 0 Å². The van der Waals surface area contributed by atoms with Gasteiger partial charge in [0.2, 0.25) is 0 Å². The van der Waals surface area contributed by atoms with Gasteiger partial charge in [-0.05, 0) is 23.8 Å². The Morgan fingerprint density at radius 2 is 1.82 bits per heavy atom. The quantitative estimate of drug-likeness (QED) is 0.879. The van der Waals surface area contributed by atoms with Crippen molar-refractivity contribution in [3.8, 4) is 11.5 Å². The third-order valence-corrected chi connectivity index (χ3v) is 3.34. The molecule has 0 saturated carbocycles. The van der Waals surface area contributed by atoms with Gasteiger partial charge in [0.15, 0.2) is 0 Å². The number of methoxy groups -OCH3 is 2. The molecular weight excluding hydrogens is 306 g/mol. The predicted octanol–water partition coefficient (Wildman–Crippen LogP) is 1.79. The average molecular weight is 322 g/mol. The van der Waals surface area contributed by atoms with Gasteiger partial charge in [-0.2, -0.15) is 0 Å². The third kappa shape index (κ3) is 3.40. The van der Waals surface area contributed by atoms with Crippen molar-refractivity contribution in [2.75, 3.05) is 14.2 Å². The van der Waals surface area contributed by atoms with Gasteiger partial charge >= 0.3 is 0 Å². The second-order valence-corrected chi connectivity index (χ2v) is 5.07. The summed E-state index contributed by atoms with van der Waals surface area (Å²) in [5.41, 5.74) is 6.18. The number of rotatable bonds is 5. The van der Waals surface area contributed by atoms with Crippen molar-refractivity contribution in [1.82, 2.24) is 4.57 Å². The maximum absolute atomic E-state index is 11.4. The molecule has 22 heavy (non-hydrogen) atoms. The van der Waals surface area contributed by atoms with Crippen LogP contribution < -0.4 is 20.7 Å². The molecule has 0 radical (unpaired) electrons. The second kappa shape index (κ2) is 6.53. The molecule has 0 bridgehead atoms. The maximum Gasteiger partial charge on any atom is 0.252 e. The van der Waals surface area contributed by atoms with Gasteiger partial charge in [-0.3, -0.25) is 10.2 Å². The largest absolute Gasteiger partial charge is 0.497 e. The zero-order valence-electron chi connectivity index (χ0n) is 12.2. The molecule has 7 heteroatoms. The summed E-state index contributed by atoms with van der Waals surface area (Å²) < 4.78 is 12.0. The molecule has 0 aliphatic rings. The smallest absolute Gasteiger partial charge is 0.252 e. The van der Waals surface area contributed by atoms with Gasteiger partial charge in [-0.1, -0.05) is 11.6 Å². The molecule has 0 saturated heterocycles. The van der Waals surface area contributed by atoms with E-state index in [9.17, 15) is 4.79 Å². The Bertz CT molecular complexity index is 749. The molecule has 2 aromatic rings. The van der Waals surface area contributed by atoms with Crippen LogP contribution in [-0.2, 0) is 6.54 Å². The molecule has 1 amide bonds. The number of hydrogen-bond acceptors (Lipinski definition) is 4. The van der Waals surface area contributed by atoms with Crippen molar-refractivity contribution in [3.05, 3.63) is 52.1 Å². The monoisotopic (exact) mass is 321 g/mol. The first kappa shape index (κ1) is 15.9. The molecule has 6 nitrogen and oxygen atoms in total. The summed E-state index contributed by atoms with van der Waals surface area (Å²) in [6.45, 7) is 0.327. The van der Waals surface area contributed by atoms with Gasteiger partial charge in [0.1, 0.15) is 17.0 Å². The first-order chi connectivity index (χ1) is 10.4. The Balaban J connectivity index is 2.47. The van der Waals surface area contributed by atoms with Gasteiger partial charge in [-0.25, -0.2) is 0 Å². The first-order valence-electron chi connectivity index (χ1n) is 6.41. The Kier molecular flexibility index (Phi) is 4.72. The lowest BCUT2D eigenvalue weighted by Gasteiger charge is -2.12. The molecular formula is C15H16ClN3O3. The van der Waals surface area contributed by atoms with Crippen LogP contribution in [-0.4, -0.2) is 24.7 Å². The number of benzene rings is 1. The zero-order chi connectivity index (χ0) is 16.3. The van der Waals surface area contributed by atoms with E-state index in [1.165, 1.54) is 10.6 Å². The van der Waals surface area contributed by atoms with Crippen molar-refractivity contribution >= 4 is 17.5 Å². The van der Waals surface area contributed by atoms with Crippen LogP contribution in [0.15, 0.2) is 30.5 Å². The van der Waals surface area contributed by atoms with E-state index in [4.69, 9.17) is 32.2 Å². The number of hydrogen-bond donors (Lipinski definition) is 2. The van der Waals surface area contributed by atoms with E-state index in [0.29, 0.717) is 23.1 Å². The highest BCUT2D eigenvalue weighted by Crippen LogP contribution is 2.23. The third-order valence-electron chi connectivity index (χ3n) is 3.13. The number of nitrogens with two attached hydrogens (primary N) is 1. The molecule has 3 N–H and O–H groups in total. The summed E-state index contributed by atoms with van der Waals surface area (Å²) >= 11 is 5.99. The van der Waals surface area contributed by atoms with Crippen molar-refractivity contribution in [2.45, 2.75) is 6.54 Å². The first-order valence-corrected chi connectivity index (χ1v) is 6.78. The summed E-state index contributed by atoms with van der Waals surface area (Å²) in [7, 11) is 3.12. The summed E-state index contributed by atoms with van der Waals surface area (Å²) in [5, 5.41) is 8.39. The summed E-state index contributed by atoms with van der Waals surface area (Å²) in [6.07, 6.45) is 1.57. The van der Waals surface area contributed by atoms with Crippen LogP contribution >= 0.6 is 11.6 Å². The van der Waals surface area contributed by atoms with Crippen LogP contribution in [0, 0.1) is 5.41 Å². The Hall–Kier alpha value is -2.47. The number of primary amides is 1. The van der Waals surface area contributed by atoms with E-state index in [0.717, 1.165) is 5.56 Å². The molecule has 1 aromatic carbocycles. The summed E-state index contributed by atoms with van der Waals surface area (Å²) in [5.74, 6) is 0.585. The van der Waals surface area contributed by atoms with E-state index >= 15 is 0 Å². The summed E-state index contributed by atoms with van der Waals surface area (Å²) in [6, 6.07) is 6.77. The number of nitrogens with zero attached hydrogens (tertiary/aromatic N) is 1. The number of pyridine rings is 1. The zero-order valence-corrected chi connectivity index (χ0v) is 13.0. The van der Waals surface area contributed by atoms with Gasteiger partial charge in [0.25, 0.3) is 5.91 Å². The van der Waals surface area contributed by atoms with Crippen LogP contribution in [0.25, 0.3) is 0 Å². The van der Waals surface area contributed by atoms with Crippen LogP contribution in [0.1, 0.15) is 15.9 Å². The molecule has 0 spiro atoms. The molecule has 116 valence electrons. The van der Waals surface area contributed by atoms with E-state index in [1.54, 1.807) is 26.5 Å². The molecule has 0 aliphatic heterocycles. The van der Waals surface area contributed by atoms with Crippen molar-refractivity contribution in [1.29, 1.82) is 5.41 Å². The van der Waals surface area contributed by atoms with Crippen LogP contribution in [0.2, 0.25) is 5.02 Å². The molecule has 0 unspecified atom stereocenters. The number of amides is 1. The highest BCUT2D eigenvalue weighted by molar-refractivity contribution is 6.30. The fourth-order valence-electron chi connectivity index (χ4n) is 2.08. The fourth-order valence-corrected chi connectivity index (χ4v) is 2.31. The highest BCUT2D eigenvalue weighted by Gasteiger charge is 2.10. The lowest BCUT2D eigenvalue weighted by Crippen LogP contribution is -2.29. The lowest BCUT2D eigenvalue weighted by molar-refractivity contribution is 0.0998. The van der Waals surface area contributed by atoms with Gasteiger partial charge in [0, 0.05) is 18.8 Å². The molecule has 0 aliphatic carbocycles. The fraction of sp³-hybridized carbons (Fsp3) is 0.200. The molecule has 1 aromatic heterocycles. The lowest BCUT2D eigenvalue weighted by atomic mass is 10.2. The Labute approximate surface area is 132 Å². The number of carbonyl (C=O) groups excluding carboxylic acids is 1. The molecule has 0 atom stereocenters. The SMILES string of the molecule is COc1cc(Cn2cc(Cl)cc(C(N)=O)c2=N)cc(OC)c1. The molecule has 2 rings (SSSR count). The van der Waals surface area contributed by atoms with Crippen LogP contribution in [0.5, 0.6) is 11.5 Å². The predicted molar refractivity (Wildman–Crippen MR) is 82.5 cm³/mol. The molecule has 1 heterocycles. The van der Waals surface area contributed by atoms with E-state index in [1.807, 2.05) is 12.1 Å². The van der Waals surface area contributed by atoms with Crippen molar-refractivity contribution in [3.63, 3.8) is 0 Å². The minimum Gasteiger partial charge on any atom is -0.497 e. The highest BCUT2D eigenvalue weighted by atomic mass is 35.5. The normalized spacial score (nSPS) is 10.3. The Morgan fingerprint density at radius 1 is 1.23 bits per heavy atom. The van der Waals surface area contributed by atoms with Gasteiger partial charge < -0.3 is 19.8 Å². The average Bonchev–Trinajstić information content (AvgIpc) is 2.49. The van der Waals surface area contributed by atoms with Crippen LogP contribution in [0.4, 0.5) is 0 Å². The van der Waals surface area contributed by atoms with Crippen molar-refractivity contribution < 1.29 is 14.3 Å². The minimum atomic E-state index is -0.690. The van der Waals surface area contributed by atoms with E-state index in [-0.39, 0.29) is 11.1 Å². The topological polar surface area (TPSA) is 90.3 Å². The summed E-state index contributed by atoms with van der Waals surface area (Å²) in [4.78, 5) is 11.4. The van der Waals surface area contributed by atoms with Gasteiger partial charge in [0.05, 0.1) is 24.8 Å². The number of nitrogens with one attached hydrogen (secondary N) is 1. The number of carbonyl (C=O) groups is 1. The van der Waals surface area contributed by atoms with Crippen molar-refractivity contribution in [2.24, 2.45) is 5.73 Å². The molecule has 0 fully saturated rings. The number of aromatic nitrogens is 1. The van der Waals surface area contributed by atoms with Gasteiger partial charge in [-0.15, -0.1) is 0 Å².